The van der Waals surface area contributed by atoms with Crippen LogP contribution in [-0.2, 0) is 0 Å². The minimum absolute atomic E-state index is 0.194. The van der Waals surface area contributed by atoms with Crippen molar-refractivity contribution in [3.63, 3.8) is 0 Å². The van der Waals surface area contributed by atoms with E-state index in [1.165, 1.54) is 11.6 Å². The Labute approximate surface area is 94.5 Å². The van der Waals surface area contributed by atoms with Gasteiger partial charge in [-0.1, -0.05) is 44.5 Å². The maximum Gasteiger partial charge on any atom is 0.165 e. The van der Waals surface area contributed by atoms with Crippen LogP contribution in [-0.4, -0.2) is 0 Å². The zero-order valence-electron chi connectivity index (χ0n) is 9.05. The molecular weight excluding hydrogens is 215 g/mol. The normalized spacial score (nSPS) is 12.7. The molecule has 0 aromatic heterocycles. The van der Waals surface area contributed by atoms with Crippen molar-refractivity contribution in [3.8, 4) is 5.75 Å². The molecule has 0 heterocycles. The molecule has 0 N–H and O–H groups in total. The van der Waals surface area contributed by atoms with E-state index in [1.54, 1.807) is 18.2 Å². The molecule has 0 aliphatic carbocycles. The van der Waals surface area contributed by atoms with Crippen molar-refractivity contribution < 1.29 is 9.13 Å². The van der Waals surface area contributed by atoms with E-state index in [-0.39, 0.29) is 11.2 Å². The van der Waals surface area contributed by atoms with Gasteiger partial charge in [0, 0.05) is 11.0 Å². The molecule has 1 aromatic carbocycles. The summed E-state index contributed by atoms with van der Waals surface area (Å²) in [6.45, 7) is 5.84. The Morgan fingerprint density at radius 3 is 2.40 bits per heavy atom. The first-order chi connectivity index (χ1) is 6.95. The highest BCUT2D eigenvalue weighted by Gasteiger charge is 2.20. The maximum atomic E-state index is 13.3. The summed E-state index contributed by atoms with van der Waals surface area (Å²) in [5.74, 6) is 0.339. The van der Waals surface area contributed by atoms with Gasteiger partial charge in [0.1, 0.15) is 5.76 Å². The Balaban J connectivity index is 2.91. The maximum absolute atomic E-state index is 13.3. The fraction of sp³-hybridized carbons (Fsp3) is 0.333. The lowest BCUT2D eigenvalue weighted by molar-refractivity contribution is 0.285. The Morgan fingerprint density at radius 1 is 1.33 bits per heavy atom. The van der Waals surface area contributed by atoms with Gasteiger partial charge in [0.05, 0.1) is 0 Å². The Bertz CT molecular complexity index is 366. The van der Waals surface area contributed by atoms with E-state index >= 15 is 0 Å². The lowest BCUT2D eigenvalue weighted by atomic mass is 9.95. The van der Waals surface area contributed by atoms with Gasteiger partial charge >= 0.3 is 0 Å². The third-order valence-corrected chi connectivity index (χ3v) is 2.09. The molecule has 15 heavy (non-hydrogen) atoms. The minimum atomic E-state index is -0.391. The summed E-state index contributed by atoms with van der Waals surface area (Å²) in [6, 6.07) is 6.25. The molecule has 0 atom stereocenters. The van der Waals surface area contributed by atoms with E-state index in [4.69, 9.17) is 16.3 Å². The third-order valence-electron chi connectivity index (χ3n) is 1.89. The molecular formula is C12H14ClFO. The van der Waals surface area contributed by atoms with E-state index < -0.39 is 5.82 Å². The first-order valence-electron chi connectivity index (χ1n) is 4.68. The van der Waals surface area contributed by atoms with Crippen LogP contribution in [0.3, 0.4) is 0 Å². The Kier molecular flexibility index (Phi) is 3.75. The number of para-hydroxylation sites is 1. The van der Waals surface area contributed by atoms with Gasteiger partial charge in [-0.3, -0.25) is 0 Å². The molecule has 0 saturated carbocycles. The molecule has 1 rings (SSSR count). The first-order valence-corrected chi connectivity index (χ1v) is 5.12. The van der Waals surface area contributed by atoms with Gasteiger partial charge in [0.25, 0.3) is 0 Å². The lowest BCUT2D eigenvalue weighted by Crippen LogP contribution is -2.14. The third kappa shape index (κ3) is 3.24. The lowest BCUT2D eigenvalue weighted by Gasteiger charge is -2.22. The summed E-state index contributed by atoms with van der Waals surface area (Å²) in [5, 5.41) is 0. The van der Waals surface area contributed by atoms with Gasteiger partial charge in [-0.05, 0) is 12.1 Å². The van der Waals surface area contributed by atoms with Crippen LogP contribution in [0.25, 0.3) is 0 Å². The average molecular weight is 229 g/mol. The van der Waals surface area contributed by atoms with E-state index in [9.17, 15) is 4.39 Å². The zero-order chi connectivity index (χ0) is 11.5. The van der Waals surface area contributed by atoms with Crippen LogP contribution in [0.1, 0.15) is 20.8 Å². The fourth-order valence-electron chi connectivity index (χ4n) is 0.985. The van der Waals surface area contributed by atoms with Gasteiger partial charge in [-0.15, -0.1) is 0 Å². The topological polar surface area (TPSA) is 9.23 Å². The summed E-state index contributed by atoms with van der Waals surface area (Å²) in [4.78, 5) is 0. The molecule has 1 aromatic rings. The van der Waals surface area contributed by atoms with Gasteiger partial charge in [0.2, 0.25) is 0 Å². The van der Waals surface area contributed by atoms with Crippen LogP contribution in [0.2, 0.25) is 0 Å². The predicted molar refractivity (Wildman–Crippen MR) is 60.4 cm³/mol. The number of hydrogen-bond donors (Lipinski definition) is 0. The summed E-state index contributed by atoms with van der Waals surface area (Å²) < 4.78 is 18.7. The van der Waals surface area contributed by atoms with E-state index in [1.807, 2.05) is 20.8 Å². The number of hydrogen-bond acceptors (Lipinski definition) is 1. The Hall–Kier alpha value is -1.02. The number of benzene rings is 1. The highest BCUT2D eigenvalue weighted by molar-refractivity contribution is 6.25. The van der Waals surface area contributed by atoms with Crippen molar-refractivity contribution in [1.29, 1.82) is 0 Å². The molecule has 0 amide bonds. The van der Waals surface area contributed by atoms with Crippen molar-refractivity contribution in [2.45, 2.75) is 20.8 Å². The molecule has 0 bridgehead atoms. The summed E-state index contributed by atoms with van der Waals surface area (Å²) in [6.07, 6.45) is 0. The molecule has 0 aliphatic heterocycles. The van der Waals surface area contributed by atoms with Crippen LogP contribution in [0.15, 0.2) is 35.6 Å². The first kappa shape index (κ1) is 12.1. The van der Waals surface area contributed by atoms with Gasteiger partial charge in [0.15, 0.2) is 11.6 Å². The van der Waals surface area contributed by atoms with Crippen molar-refractivity contribution in [1.82, 2.24) is 0 Å². The summed E-state index contributed by atoms with van der Waals surface area (Å²) >= 11 is 5.64. The van der Waals surface area contributed by atoms with Gasteiger partial charge in [-0.2, -0.15) is 0 Å². The number of allylic oxidation sites excluding steroid dienone is 1. The minimum Gasteiger partial charge on any atom is -0.457 e. The van der Waals surface area contributed by atoms with E-state index in [2.05, 4.69) is 0 Å². The molecule has 0 fully saturated rings. The molecule has 3 heteroatoms. The molecule has 0 saturated heterocycles. The van der Waals surface area contributed by atoms with Crippen LogP contribution in [0, 0.1) is 11.2 Å². The molecule has 0 spiro atoms. The van der Waals surface area contributed by atoms with Crippen LogP contribution >= 0.6 is 11.6 Å². The van der Waals surface area contributed by atoms with E-state index in [0.717, 1.165) is 0 Å². The van der Waals surface area contributed by atoms with Crippen molar-refractivity contribution in [2.75, 3.05) is 0 Å². The summed E-state index contributed by atoms with van der Waals surface area (Å²) in [7, 11) is 0. The number of rotatable bonds is 2. The smallest absolute Gasteiger partial charge is 0.165 e. The molecule has 1 nitrogen and oxygen atoms in total. The predicted octanol–water partition coefficient (Wildman–Crippen LogP) is 4.33. The SMILES string of the molecule is CC(C)(C)C(=CCl)Oc1ccccc1F. The van der Waals surface area contributed by atoms with E-state index in [0.29, 0.717) is 5.76 Å². The molecule has 82 valence electrons. The monoisotopic (exact) mass is 228 g/mol. The van der Waals surface area contributed by atoms with Gasteiger partial charge in [-0.25, -0.2) is 4.39 Å². The standard InChI is InChI=1S/C12H14ClFO/c1-12(2,3)11(8-13)15-10-7-5-4-6-9(10)14/h4-8H,1-3H3. The Morgan fingerprint density at radius 2 is 1.93 bits per heavy atom. The molecule has 0 aliphatic rings. The summed E-state index contributed by atoms with van der Waals surface area (Å²) in [5.41, 5.74) is 1.09. The van der Waals surface area contributed by atoms with Crippen molar-refractivity contribution in [3.05, 3.63) is 41.4 Å². The zero-order valence-corrected chi connectivity index (χ0v) is 9.81. The number of halogens is 2. The second-order valence-electron chi connectivity index (χ2n) is 4.26. The average Bonchev–Trinajstić information content (AvgIpc) is 2.14. The highest BCUT2D eigenvalue weighted by Crippen LogP contribution is 2.29. The molecule has 0 radical (unpaired) electrons. The second-order valence-corrected chi connectivity index (χ2v) is 4.47. The van der Waals surface area contributed by atoms with Crippen LogP contribution in [0.5, 0.6) is 5.75 Å². The second kappa shape index (κ2) is 4.67. The quantitative estimate of drug-likeness (QED) is 0.685. The number of ether oxygens (including phenoxy) is 1. The molecule has 0 unspecified atom stereocenters. The van der Waals surface area contributed by atoms with Crippen molar-refractivity contribution in [2.24, 2.45) is 5.41 Å². The van der Waals surface area contributed by atoms with Crippen LogP contribution in [0.4, 0.5) is 4.39 Å². The van der Waals surface area contributed by atoms with Crippen LogP contribution < -0.4 is 4.74 Å². The van der Waals surface area contributed by atoms with Gasteiger partial charge < -0.3 is 4.74 Å². The largest absolute Gasteiger partial charge is 0.457 e. The fourth-order valence-corrected chi connectivity index (χ4v) is 1.36. The van der Waals surface area contributed by atoms with Crippen molar-refractivity contribution >= 4 is 11.6 Å². The highest BCUT2D eigenvalue weighted by atomic mass is 35.5.